The summed E-state index contributed by atoms with van der Waals surface area (Å²) in [6, 6.07) is 6.70. The Morgan fingerprint density at radius 3 is 2.86 bits per heavy atom. The number of rotatable bonds is 4. The molecule has 2 saturated carbocycles. The van der Waals surface area contributed by atoms with Gasteiger partial charge in [0.05, 0.1) is 6.10 Å². The Morgan fingerprint density at radius 1 is 1.29 bits per heavy atom. The van der Waals surface area contributed by atoms with Crippen LogP contribution in [0.25, 0.3) is 0 Å². The third kappa shape index (κ3) is 3.43. The van der Waals surface area contributed by atoms with E-state index in [0.717, 1.165) is 32.1 Å². The van der Waals surface area contributed by atoms with Crippen LogP contribution in [0, 0.1) is 17.7 Å². The number of carbonyl (C=O) groups excluding carboxylic acids is 1. The molecule has 3 nitrogen and oxygen atoms in total. The van der Waals surface area contributed by atoms with Crippen molar-refractivity contribution < 1.29 is 14.3 Å². The van der Waals surface area contributed by atoms with Crippen molar-refractivity contribution in [2.24, 2.45) is 11.8 Å². The third-order valence-corrected chi connectivity index (χ3v) is 4.75. The van der Waals surface area contributed by atoms with Gasteiger partial charge in [-0.15, -0.1) is 0 Å². The lowest BCUT2D eigenvalue weighted by molar-refractivity contribution is -0.122. The molecule has 4 heteroatoms. The molecular formula is C17H22FNO2. The summed E-state index contributed by atoms with van der Waals surface area (Å²) in [6.45, 7) is 0.635. The number of carbonyl (C=O) groups is 1. The van der Waals surface area contributed by atoms with Gasteiger partial charge in [0.2, 0.25) is 5.91 Å². The van der Waals surface area contributed by atoms with Crippen LogP contribution in [0.1, 0.15) is 43.6 Å². The third-order valence-electron chi connectivity index (χ3n) is 4.75. The first-order valence-electron chi connectivity index (χ1n) is 7.85. The van der Waals surface area contributed by atoms with Crippen molar-refractivity contribution in [1.82, 2.24) is 5.32 Å². The maximum atomic E-state index is 13.7. The molecule has 1 amide bonds. The summed E-state index contributed by atoms with van der Waals surface area (Å²) in [5.41, 5.74) is 0.658. The Balaban J connectivity index is 1.48. The number of aliphatic hydroxyl groups is 1. The molecule has 3 rings (SSSR count). The van der Waals surface area contributed by atoms with E-state index in [1.807, 2.05) is 6.07 Å². The average Bonchev–Trinajstić information content (AvgIpc) is 3.26. The maximum absolute atomic E-state index is 13.7. The zero-order valence-electron chi connectivity index (χ0n) is 12.1. The lowest BCUT2D eigenvalue weighted by atomic mass is 9.87. The van der Waals surface area contributed by atoms with Gasteiger partial charge in [-0.2, -0.15) is 0 Å². The number of benzene rings is 1. The lowest BCUT2D eigenvalue weighted by Gasteiger charge is -2.25. The molecule has 4 atom stereocenters. The van der Waals surface area contributed by atoms with Crippen LogP contribution in [0.3, 0.4) is 0 Å². The topological polar surface area (TPSA) is 49.3 Å². The highest BCUT2D eigenvalue weighted by Crippen LogP contribution is 2.48. The van der Waals surface area contributed by atoms with E-state index < -0.39 is 0 Å². The quantitative estimate of drug-likeness (QED) is 0.896. The second-order valence-corrected chi connectivity index (χ2v) is 6.40. The molecule has 2 N–H and O–H groups in total. The Labute approximate surface area is 124 Å². The van der Waals surface area contributed by atoms with Crippen LogP contribution in [0.4, 0.5) is 4.39 Å². The first-order valence-corrected chi connectivity index (χ1v) is 7.85. The van der Waals surface area contributed by atoms with Gasteiger partial charge in [0.25, 0.3) is 0 Å². The molecule has 0 aromatic heterocycles. The molecule has 2 aliphatic rings. The SMILES string of the molecule is O=C(NCC1CCCC(O)C1)C1CC1c1ccccc1F. The molecule has 2 aliphatic carbocycles. The van der Waals surface area contributed by atoms with Gasteiger partial charge in [0.15, 0.2) is 0 Å². The minimum absolute atomic E-state index is 0.0307. The number of amides is 1. The van der Waals surface area contributed by atoms with E-state index in [9.17, 15) is 14.3 Å². The minimum atomic E-state index is -0.215. The fourth-order valence-corrected chi connectivity index (χ4v) is 3.43. The molecular weight excluding hydrogens is 269 g/mol. The lowest BCUT2D eigenvalue weighted by Crippen LogP contribution is -2.34. The van der Waals surface area contributed by atoms with Crippen molar-refractivity contribution in [3.05, 3.63) is 35.6 Å². The summed E-state index contributed by atoms with van der Waals surface area (Å²) >= 11 is 0. The summed E-state index contributed by atoms with van der Waals surface area (Å²) < 4.78 is 13.7. The van der Waals surface area contributed by atoms with Crippen molar-refractivity contribution in [3.63, 3.8) is 0 Å². The predicted octanol–water partition coefficient (Wildman–Crippen LogP) is 2.60. The minimum Gasteiger partial charge on any atom is -0.393 e. The monoisotopic (exact) mass is 291 g/mol. The molecule has 0 aliphatic heterocycles. The summed E-state index contributed by atoms with van der Waals surface area (Å²) in [4.78, 5) is 12.1. The number of halogens is 1. The van der Waals surface area contributed by atoms with Gasteiger partial charge in [0.1, 0.15) is 5.82 Å². The second-order valence-electron chi connectivity index (χ2n) is 6.40. The average molecular weight is 291 g/mol. The van der Waals surface area contributed by atoms with Gasteiger partial charge in [-0.1, -0.05) is 24.6 Å². The highest BCUT2D eigenvalue weighted by Gasteiger charge is 2.45. The van der Waals surface area contributed by atoms with E-state index in [1.54, 1.807) is 12.1 Å². The van der Waals surface area contributed by atoms with Gasteiger partial charge in [-0.05, 0) is 49.1 Å². The molecule has 4 unspecified atom stereocenters. The van der Waals surface area contributed by atoms with Crippen molar-refractivity contribution in [2.75, 3.05) is 6.54 Å². The Bertz CT molecular complexity index is 519. The second kappa shape index (κ2) is 6.14. The van der Waals surface area contributed by atoms with Gasteiger partial charge < -0.3 is 10.4 Å². The fourth-order valence-electron chi connectivity index (χ4n) is 3.43. The Hall–Kier alpha value is -1.42. The van der Waals surface area contributed by atoms with E-state index in [-0.39, 0.29) is 29.7 Å². The van der Waals surface area contributed by atoms with E-state index in [0.29, 0.717) is 18.0 Å². The van der Waals surface area contributed by atoms with Crippen molar-refractivity contribution >= 4 is 5.91 Å². The normalized spacial score (nSPS) is 31.7. The first-order chi connectivity index (χ1) is 10.1. The summed E-state index contributed by atoms with van der Waals surface area (Å²) in [7, 11) is 0. The molecule has 1 aromatic rings. The van der Waals surface area contributed by atoms with E-state index in [1.165, 1.54) is 6.07 Å². The van der Waals surface area contributed by atoms with Crippen LogP contribution in [-0.2, 0) is 4.79 Å². The van der Waals surface area contributed by atoms with Crippen LogP contribution in [-0.4, -0.2) is 23.7 Å². The maximum Gasteiger partial charge on any atom is 0.223 e. The zero-order chi connectivity index (χ0) is 14.8. The zero-order valence-corrected chi connectivity index (χ0v) is 12.1. The molecule has 0 saturated heterocycles. The molecule has 114 valence electrons. The van der Waals surface area contributed by atoms with Gasteiger partial charge in [-0.25, -0.2) is 4.39 Å². The van der Waals surface area contributed by atoms with Crippen molar-refractivity contribution in [3.8, 4) is 0 Å². The summed E-state index contributed by atoms with van der Waals surface area (Å²) in [5, 5.41) is 12.6. The van der Waals surface area contributed by atoms with Crippen LogP contribution >= 0.6 is 0 Å². The molecule has 21 heavy (non-hydrogen) atoms. The van der Waals surface area contributed by atoms with Gasteiger partial charge >= 0.3 is 0 Å². The van der Waals surface area contributed by atoms with Crippen LogP contribution in [0.2, 0.25) is 0 Å². The van der Waals surface area contributed by atoms with Crippen molar-refractivity contribution in [2.45, 2.75) is 44.1 Å². The first kappa shape index (κ1) is 14.5. The molecule has 0 heterocycles. The Morgan fingerprint density at radius 2 is 2.10 bits per heavy atom. The number of nitrogens with one attached hydrogen (secondary N) is 1. The molecule has 0 radical (unpaired) electrons. The van der Waals surface area contributed by atoms with Gasteiger partial charge in [-0.3, -0.25) is 4.79 Å². The predicted molar refractivity (Wildman–Crippen MR) is 78.2 cm³/mol. The fraction of sp³-hybridized carbons (Fsp3) is 0.588. The summed E-state index contributed by atoms with van der Waals surface area (Å²) in [5.74, 6) is 0.137. The molecule has 2 fully saturated rings. The summed E-state index contributed by atoms with van der Waals surface area (Å²) in [6.07, 6.45) is 4.28. The number of hydrogen-bond donors (Lipinski definition) is 2. The van der Waals surface area contributed by atoms with Crippen LogP contribution in [0.15, 0.2) is 24.3 Å². The van der Waals surface area contributed by atoms with Crippen LogP contribution < -0.4 is 5.32 Å². The van der Waals surface area contributed by atoms with Gasteiger partial charge in [0, 0.05) is 12.5 Å². The molecule has 1 aromatic carbocycles. The van der Waals surface area contributed by atoms with E-state index in [2.05, 4.69) is 5.32 Å². The Kier molecular flexibility index (Phi) is 4.24. The van der Waals surface area contributed by atoms with Crippen LogP contribution in [0.5, 0.6) is 0 Å². The largest absolute Gasteiger partial charge is 0.393 e. The van der Waals surface area contributed by atoms with E-state index >= 15 is 0 Å². The number of aliphatic hydroxyl groups excluding tert-OH is 1. The molecule has 0 bridgehead atoms. The highest BCUT2D eigenvalue weighted by molar-refractivity contribution is 5.82. The standard InChI is InChI=1S/C17H22FNO2/c18-16-7-2-1-6-13(16)14-9-15(14)17(21)19-10-11-4-3-5-12(20)8-11/h1-2,6-7,11-12,14-15,20H,3-5,8-10H2,(H,19,21). The number of hydrogen-bond acceptors (Lipinski definition) is 2. The smallest absolute Gasteiger partial charge is 0.223 e. The molecule has 0 spiro atoms. The van der Waals surface area contributed by atoms with E-state index in [4.69, 9.17) is 0 Å². The highest BCUT2D eigenvalue weighted by atomic mass is 19.1. The van der Waals surface area contributed by atoms with Crippen molar-refractivity contribution in [1.29, 1.82) is 0 Å².